The van der Waals surface area contributed by atoms with Gasteiger partial charge in [0.1, 0.15) is 4.21 Å². The average Bonchev–Trinajstić information content (AvgIpc) is 3.19. The van der Waals surface area contributed by atoms with Crippen LogP contribution in [0.3, 0.4) is 0 Å². The van der Waals surface area contributed by atoms with Crippen molar-refractivity contribution in [3.63, 3.8) is 0 Å². The molecule has 2 aliphatic heterocycles. The first-order valence-electron chi connectivity index (χ1n) is 7.59. The molecule has 3 rings (SSSR count). The van der Waals surface area contributed by atoms with Gasteiger partial charge in [-0.1, -0.05) is 6.07 Å². The Morgan fingerprint density at radius 1 is 1.23 bits per heavy atom. The predicted octanol–water partition coefficient (Wildman–Crippen LogP) is 0.851. The molecular formula is C14H21N3O3S2. The first kappa shape index (κ1) is 15.9. The van der Waals surface area contributed by atoms with E-state index in [2.05, 4.69) is 4.90 Å². The van der Waals surface area contributed by atoms with E-state index in [1.807, 2.05) is 0 Å². The van der Waals surface area contributed by atoms with Crippen molar-refractivity contribution in [1.82, 2.24) is 9.21 Å². The molecular weight excluding hydrogens is 322 g/mol. The highest BCUT2D eigenvalue weighted by molar-refractivity contribution is 7.91. The number of amides is 1. The zero-order valence-electron chi connectivity index (χ0n) is 12.3. The lowest BCUT2D eigenvalue weighted by Gasteiger charge is -2.37. The molecule has 0 aromatic carbocycles. The van der Waals surface area contributed by atoms with E-state index >= 15 is 0 Å². The summed E-state index contributed by atoms with van der Waals surface area (Å²) in [5.41, 5.74) is 5.47. The molecule has 0 radical (unpaired) electrons. The standard InChI is InChI=1S/C14H21N3O3S2/c15-14(18)12-3-1-7-17(12)11-5-8-16(9-6-11)22(19,20)13-4-2-10-21-13/h2,4,10-12H,1,3,5-9H2,(H2,15,18). The summed E-state index contributed by atoms with van der Waals surface area (Å²) in [6.07, 6.45) is 3.33. The molecule has 0 spiro atoms. The molecule has 122 valence electrons. The Morgan fingerprint density at radius 2 is 1.95 bits per heavy atom. The summed E-state index contributed by atoms with van der Waals surface area (Å²) in [4.78, 5) is 13.7. The quantitative estimate of drug-likeness (QED) is 0.878. The minimum Gasteiger partial charge on any atom is -0.368 e. The fourth-order valence-corrected chi connectivity index (χ4v) is 6.10. The normalized spacial score (nSPS) is 25.5. The maximum Gasteiger partial charge on any atom is 0.252 e. The first-order chi connectivity index (χ1) is 10.5. The Kier molecular flexibility index (Phi) is 4.54. The Morgan fingerprint density at radius 3 is 2.55 bits per heavy atom. The zero-order chi connectivity index (χ0) is 15.7. The molecule has 3 heterocycles. The fourth-order valence-electron chi connectivity index (χ4n) is 3.48. The highest BCUT2D eigenvalue weighted by atomic mass is 32.2. The van der Waals surface area contributed by atoms with Gasteiger partial charge in [-0.2, -0.15) is 4.31 Å². The summed E-state index contributed by atoms with van der Waals surface area (Å²) in [6, 6.07) is 3.49. The van der Waals surface area contributed by atoms with E-state index in [0.29, 0.717) is 17.3 Å². The molecule has 0 aliphatic carbocycles. The molecule has 2 aliphatic rings. The molecule has 1 aromatic rings. The van der Waals surface area contributed by atoms with E-state index in [0.717, 1.165) is 32.2 Å². The second-order valence-electron chi connectivity index (χ2n) is 5.87. The molecule has 22 heavy (non-hydrogen) atoms. The first-order valence-corrected chi connectivity index (χ1v) is 9.91. The third-order valence-corrected chi connectivity index (χ3v) is 7.88. The van der Waals surface area contributed by atoms with Crippen LogP contribution in [0.4, 0.5) is 0 Å². The fraction of sp³-hybridized carbons (Fsp3) is 0.643. The summed E-state index contributed by atoms with van der Waals surface area (Å²) in [6.45, 7) is 1.90. The van der Waals surface area contributed by atoms with Crippen LogP contribution in [0.15, 0.2) is 21.7 Å². The third kappa shape index (κ3) is 2.92. The van der Waals surface area contributed by atoms with Crippen molar-refractivity contribution in [1.29, 1.82) is 0 Å². The summed E-state index contributed by atoms with van der Waals surface area (Å²) in [5.74, 6) is -0.258. The van der Waals surface area contributed by atoms with E-state index in [-0.39, 0.29) is 18.0 Å². The van der Waals surface area contributed by atoms with Crippen LogP contribution in [0.2, 0.25) is 0 Å². The maximum absolute atomic E-state index is 12.5. The minimum absolute atomic E-state index is 0.176. The van der Waals surface area contributed by atoms with Gasteiger partial charge < -0.3 is 5.73 Å². The molecule has 8 heteroatoms. The smallest absolute Gasteiger partial charge is 0.252 e. The number of nitrogens with two attached hydrogens (primary N) is 1. The summed E-state index contributed by atoms with van der Waals surface area (Å²) < 4.78 is 27.0. The SMILES string of the molecule is NC(=O)C1CCCN1C1CCN(S(=O)(=O)c2cccs2)CC1. The maximum atomic E-state index is 12.5. The predicted molar refractivity (Wildman–Crippen MR) is 85.0 cm³/mol. The van der Waals surface area contributed by atoms with Crippen molar-refractivity contribution in [2.45, 2.75) is 42.0 Å². The third-order valence-electron chi connectivity index (χ3n) is 4.60. The zero-order valence-corrected chi connectivity index (χ0v) is 14.0. The van der Waals surface area contributed by atoms with Gasteiger partial charge in [0.05, 0.1) is 6.04 Å². The summed E-state index contributed by atoms with van der Waals surface area (Å²) >= 11 is 1.25. The largest absolute Gasteiger partial charge is 0.368 e. The van der Waals surface area contributed by atoms with Gasteiger partial charge in [-0.15, -0.1) is 11.3 Å². The number of carbonyl (C=O) groups is 1. The lowest BCUT2D eigenvalue weighted by Crippen LogP contribution is -2.51. The Labute approximate surface area is 134 Å². The number of carbonyl (C=O) groups excluding carboxylic acids is 1. The number of hydrogen-bond acceptors (Lipinski definition) is 5. The van der Waals surface area contributed by atoms with E-state index < -0.39 is 10.0 Å². The molecule has 0 bridgehead atoms. The van der Waals surface area contributed by atoms with Gasteiger partial charge in [0, 0.05) is 19.1 Å². The number of likely N-dealkylation sites (tertiary alicyclic amines) is 1. The Bertz CT molecular complexity index is 622. The summed E-state index contributed by atoms with van der Waals surface area (Å²) in [5, 5.41) is 1.78. The van der Waals surface area contributed by atoms with Crippen LogP contribution in [0.5, 0.6) is 0 Å². The topological polar surface area (TPSA) is 83.7 Å². The minimum atomic E-state index is -3.35. The second-order valence-corrected chi connectivity index (χ2v) is 8.98. The van der Waals surface area contributed by atoms with Gasteiger partial charge in [-0.05, 0) is 43.7 Å². The number of nitrogens with zero attached hydrogens (tertiary/aromatic N) is 2. The number of rotatable bonds is 4. The number of hydrogen-bond donors (Lipinski definition) is 1. The monoisotopic (exact) mass is 343 g/mol. The van der Waals surface area contributed by atoms with Gasteiger partial charge in [0.15, 0.2) is 0 Å². The van der Waals surface area contributed by atoms with Crippen molar-refractivity contribution in [2.24, 2.45) is 5.73 Å². The molecule has 2 saturated heterocycles. The van der Waals surface area contributed by atoms with Crippen LogP contribution < -0.4 is 5.73 Å². The molecule has 1 amide bonds. The van der Waals surface area contributed by atoms with Crippen molar-refractivity contribution in [3.05, 3.63) is 17.5 Å². The lowest BCUT2D eigenvalue weighted by molar-refractivity contribution is -0.123. The van der Waals surface area contributed by atoms with Gasteiger partial charge in [0.2, 0.25) is 5.91 Å². The molecule has 1 unspecified atom stereocenters. The second kappa shape index (κ2) is 6.27. The van der Waals surface area contributed by atoms with Crippen LogP contribution in [0.1, 0.15) is 25.7 Å². The van der Waals surface area contributed by atoms with Crippen molar-refractivity contribution in [3.8, 4) is 0 Å². The van der Waals surface area contributed by atoms with E-state index in [4.69, 9.17) is 5.73 Å². The van der Waals surface area contributed by atoms with E-state index in [9.17, 15) is 13.2 Å². The number of piperidine rings is 1. The van der Waals surface area contributed by atoms with Crippen LogP contribution in [-0.4, -0.2) is 55.2 Å². The molecule has 2 N–H and O–H groups in total. The van der Waals surface area contributed by atoms with Gasteiger partial charge in [-0.25, -0.2) is 8.42 Å². The number of thiophene rings is 1. The molecule has 2 fully saturated rings. The van der Waals surface area contributed by atoms with Crippen LogP contribution >= 0.6 is 11.3 Å². The van der Waals surface area contributed by atoms with Crippen molar-refractivity contribution >= 4 is 27.3 Å². The highest BCUT2D eigenvalue weighted by Gasteiger charge is 2.37. The van der Waals surface area contributed by atoms with E-state index in [1.54, 1.807) is 21.8 Å². The molecule has 0 saturated carbocycles. The average molecular weight is 343 g/mol. The van der Waals surface area contributed by atoms with Crippen LogP contribution in [0, 0.1) is 0 Å². The Balaban J connectivity index is 1.65. The lowest BCUT2D eigenvalue weighted by atomic mass is 10.0. The van der Waals surface area contributed by atoms with Gasteiger partial charge >= 0.3 is 0 Å². The van der Waals surface area contributed by atoms with Gasteiger partial charge in [-0.3, -0.25) is 9.69 Å². The van der Waals surface area contributed by atoms with Gasteiger partial charge in [0.25, 0.3) is 10.0 Å². The van der Waals surface area contributed by atoms with Crippen LogP contribution in [0.25, 0.3) is 0 Å². The van der Waals surface area contributed by atoms with Crippen molar-refractivity contribution in [2.75, 3.05) is 19.6 Å². The molecule has 1 atom stereocenters. The van der Waals surface area contributed by atoms with Crippen molar-refractivity contribution < 1.29 is 13.2 Å². The number of primary amides is 1. The summed E-state index contributed by atoms with van der Waals surface area (Å²) in [7, 11) is -3.35. The molecule has 1 aromatic heterocycles. The molecule has 6 nitrogen and oxygen atoms in total. The number of sulfonamides is 1. The Hall–Kier alpha value is -0.960. The van der Waals surface area contributed by atoms with E-state index in [1.165, 1.54) is 11.3 Å². The highest BCUT2D eigenvalue weighted by Crippen LogP contribution is 2.29. The van der Waals surface area contributed by atoms with Crippen LogP contribution in [-0.2, 0) is 14.8 Å².